The van der Waals surface area contributed by atoms with Crippen molar-refractivity contribution in [2.24, 2.45) is 17.1 Å². The highest BCUT2D eigenvalue weighted by atomic mass is 35.5. The van der Waals surface area contributed by atoms with Crippen molar-refractivity contribution in [3.8, 4) is 0 Å². The van der Waals surface area contributed by atoms with Gasteiger partial charge in [-0.2, -0.15) is 0 Å². The van der Waals surface area contributed by atoms with Gasteiger partial charge in [0, 0.05) is 38.1 Å². The number of piperidine rings is 1. The monoisotopic (exact) mass is 332 g/mol. The molecular formula is C16H29ClN2O3. The third kappa shape index (κ3) is 2.37. The Morgan fingerprint density at radius 2 is 2.05 bits per heavy atom. The lowest BCUT2D eigenvalue weighted by Crippen LogP contribution is -2.82. The Labute approximate surface area is 139 Å². The minimum absolute atomic E-state index is 0. The smallest absolute Gasteiger partial charge is 0.243 e. The van der Waals surface area contributed by atoms with Gasteiger partial charge in [-0.25, -0.2) is 0 Å². The molecule has 3 rings (SSSR count). The molecule has 6 heteroatoms. The van der Waals surface area contributed by atoms with Crippen molar-refractivity contribution < 1.29 is 14.3 Å². The molecule has 0 aromatic carbocycles. The molecule has 0 radical (unpaired) electrons. The Morgan fingerprint density at radius 1 is 1.32 bits per heavy atom. The van der Waals surface area contributed by atoms with Crippen molar-refractivity contribution in [1.82, 2.24) is 4.90 Å². The van der Waals surface area contributed by atoms with Crippen LogP contribution in [0.1, 0.15) is 39.5 Å². The van der Waals surface area contributed by atoms with Crippen LogP contribution in [0, 0.1) is 11.3 Å². The van der Waals surface area contributed by atoms with Crippen molar-refractivity contribution in [3.05, 3.63) is 0 Å². The molecule has 1 aliphatic carbocycles. The summed E-state index contributed by atoms with van der Waals surface area (Å²) in [6.07, 6.45) is 4.29. The Hall–Kier alpha value is -0.360. The number of likely N-dealkylation sites (tertiary alicyclic amines) is 1. The van der Waals surface area contributed by atoms with E-state index < -0.39 is 5.54 Å². The third-order valence-corrected chi connectivity index (χ3v) is 6.04. The van der Waals surface area contributed by atoms with E-state index in [1.807, 2.05) is 4.90 Å². The molecule has 4 unspecified atom stereocenters. The molecule has 2 heterocycles. The SMILES string of the molecule is COC1CCCN(C(=O)C2(N)C3CCCOC3C2(C)C)C1.Cl. The summed E-state index contributed by atoms with van der Waals surface area (Å²) in [7, 11) is 1.72. The van der Waals surface area contributed by atoms with Gasteiger partial charge in [0.05, 0.1) is 12.2 Å². The van der Waals surface area contributed by atoms with Crippen LogP contribution in [0.3, 0.4) is 0 Å². The van der Waals surface area contributed by atoms with Gasteiger partial charge in [0.15, 0.2) is 0 Å². The summed E-state index contributed by atoms with van der Waals surface area (Å²) in [5.74, 6) is 0.262. The minimum atomic E-state index is -0.784. The summed E-state index contributed by atoms with van der Waals surface area (Å²) in [6, 6.07) is 0. The van der Waals surface area contributed by atoms with E-state index in [1.165, 1.54) is 0 Å². The third-order valence-electron chi connectivity index (χ3n) is 6.04. The molecule has 2 aliphatic heterocycles. The fourth-order valence-electron chi connectivity index (χ4n) is 4.59. The summed E-state index contributed by atoms with van der Waals surface area (Å²) in [6.45, 7) is 6.42. The van der Waals surface area contributed by atoms with E-state index in [1.54, 1.807) is 7.11 Å². The van der Waals surface area contributed by atoms with Crippen LogP contribution in [0.5, 0.6) is 0 Å². The van der Waals surface area contributed by atoms with Gasteiger partial charge in [0.2, 0.25) is 5.91 Å². The molecule has 2 N–H and O–H groups in total. The van der Waals surface area contributed by atoms with Crippen LogP contribution in [-0.2, 0) is 14.3 Å². The largest absolute Gasteiger partial charge is 0.380 e. The minimum Gasteiger partial charge on any atom is -0.380 e. The van der Waals surface area contributed by atoms with Crippen molar-refractivity contribution >= 4 is 18.3 Å². The van der Waals surface area contributed by atoms with Gasteiger partial charge in [0.25, 0.3) is 0 Å². The normalized spacial score (nSPS) is 40.2. The zero-order chi connectivity index (χ0) is 15.3. The number of methoxy groups -OCH3 is 1. The number of hydrogen-bond acceptors (Lipinski definition) is 4. The van der Waals surface area contributed by atoms with Crippen LogP contribution in [0.4, 0.5) is 0 Å². The van der Waals surface area contributed by atoms with Crippen LogP contribution in [-0.4, -0.2) is 55.4 Å². The first-order chi connectivity index (χ1) is 9.92. The zero-order valence-electron chi connectivity index (χ0n) is 13.8. The lowest BCUT2D eigenvalue weighted by Gasteiger charge is -2.66. The number of fused-ring (bicyclic) bond motifs is 1. The molecule has 22 heavy (non-hydrogen) atoms. The molecule has 128 valence electrons. The van der Waals surface area contributed by atoms with Gasteiger partial charge < -0.3 is 20.1 Å². The Bertz CT molecular complexity index is 432. The number of nitrogens with zero attached hydrogens (tertiary/aromatic N) is 1. The molecule has 0 aromatic heterocycles. The molecule has 0 spiro atoms. The standard InChI is InChI=1S/C16H28N2O3.ClH/c1-15(2)13-12(7-5-9-21-13)16(15,17)14(19)18-8-4-6-11(10-18)20-3;/h11-13H,4-10,17H2,1-3H3;1H. The molecule has 5 nitrogen and oxygen atoms in total. The highest BCUT2D eigenvalue weighted by molar-refractivity contribution is 5.89. The lowest BCUT2D eigenvalue weighted by molar-refractivity contribution is -0.231. The van der Waals surface area contributed by atoms with Crippen LogP contribution >= 0.6 is 12.4 Å². The van der Waals surface area contributed by atoms with Crippen LogP contribution < -0.4 is 5.73 Å². The maximum absolute atomic E-state index is 13.1. The van der Waals surface area contributed by atoms with Gasteiger partial charge in [-0.1, -0.05) is 13.8 Å². The number of amides is 1. The van der Waals surface area contributed by atoms with Gasteiger partial charge >= 0.3 is 0 Å². The number of hydrogen-bond donors (Lipinski definition) is 1. The molecule has 3 fully saturated rings. The van der Waals surface area contributed by atoms with Crippen molar-refractivity contribution in [3.63, 3.8) is 0 Å². The van der Waals surface area contributed by atoms with E-state index in [0.717, 1.165) is 38.8 Å². The number of nitrogens with two attached hydrogens (primary N) is 1. The molecule has 3 aliphatic rings. The Balaban J connectivity index is 0.00000176. The molecule has 1 saturated carbocycles. The quantitative estimate of drug-likeness (QED) is 0.833. The van der Waals surface area contributed by atoms with Crippen molar-refractivity contribution in [2.45, 2.75) is 57.3 Å². The molecule has 4 atom stereocenters. The number of ether oxygens (including phenoxy) is 2. The van der Waals surface area contributed by atoms with E-state index in [4.69, 9.17) is 15.2 Å². The first kappa shape index (κ1) is 18.0. The summed E-state index contributed by atoms with van der Waals surface area (Å²) in [5.41, 5.74) is 5.60. The van der Waals surface area contributed by atoms with E-state index in [-0.39, 0.29) is 41.9 Å². The fourth-order valence-corrected chi connectivity index (χ4v) is 4.59. The Kier molecular flexibility index (Phi) is 5.12. The molecule has 1 amide bonds. The topological polar surface area (TPSA) is 64.8 Å². The highest BCUT2D eigenvalue weighted by Gasteiger charge is 2.70. The fraction of sp³-hybridized carbons (Fsp3) is 0.938. The van der Waals surface area contributed by atoms with Crippen LogP contribution in [0.25, 0.3) is 0 Å². The van der Waals surface area contributed by atoms with Crippen molar-refractivity contribution in [1.29, 1.82) is 0 Å². The van der Waals surface area contributed by atoms with E-state index in [0.29, 0.717) is 6.54 Å². The van der Waals surface area contributed by atoms with E-state index in [9.17, 15) is 4.79 Å². The second-order valence-electron chi connectivity index (χ2n) is 7.38. The first-order valence-corrected chi connectivity index (χ1v) is 8.15. The average molecular weight is 333 g/mol. The molecular weight excluding hydrogens is 304 g/mol. The van der Waals surface area contributed by atoms with Crippen LogP contribution in [0.15, 0.2) is 0 Å². The average Bonchev–Trinajstić information content (AvgIpc) is 2.53. The van der Waals surface area contributed by atoms with Gasteiger partial charge in [0.1, 0.15) is 5.54 Å². The van der Waals surface area contributed by atoms with Crippen LogP contribution in [0.2, 0.25) is 0 Å². The highest BCUT2D eigenvalue weighted by Crippen LogP contribution is 2.58. The lowest BCUT2D eigenvalue weighted by atomic mass is 9.46. The predicted molar refractivity (Wildman–Crippen MR) is 87.0 cm³/mol. The van der Waals surface area contributed by atoms with Gasteiger partial charge in [-0.15, -0.1) is 12.4 Å². The summed E-state index contributed by atoms with van der Waals surface area (Å²) < 4.78 is 11.3. The second-order valence-corrected chi connectivity index (χ2v) is 7.38. The number of carbonyl (C=O) groups is 1. The van der Waals surface area contributed by atoms with Crippen molar-refractivity contribution in [2.75, 3.05) is 26.8 Å². The number of carbonyl (C=O) groups excluding carboxylic acids is 1. The zero-order valence-corrected chi connectivity index (χ0v) is 14.7. The van der Waals surface area contributed by atoms with E-state index in [2.05, 4.69) is 13.8 Å². The van der Waals surface area contributed by atoms with Gasteiger partial charge in [-0.05, 0) is 25.7 Å². The number of halogens is 1. The molecule has 0 aromatic rings. The second kappa shape index (κ2) is 6.27. The summed E-state index contributed by atoms with van der Waals surface area (Å²) >= 11 is 0. The maximum atomic E-state index is 13.1. The molecule has 2 saturated heterocycles. The predicted octanol–water partition coefficient (Wildman–Crippen LogP) is 1.58. The van der Waals surface area contributed by atoms with Gasteiger partial charge in [-0.3, -0.25) is 4.79 Å². The Morgan fingerprint density at radius 3 is 2.73 bits per heavy atom. The first-order valence-electron chi connectivity index (χ1n) is 8.15. The molecule has 0 bridgehead atoms. The summed E-state index contributed by atoms with van der Waals surface area (Å²) in [5, 5.41) is 0. The summed E-state index contributed by atoms with van der Waals surface area (Å²) in [4.78, 5) is 15.0. The van der Waals surface area contributed by atoms with E-state index >= 15 is 0 Å². The maximum Gasteiger partial charge on any atom is 0.243 e. The number of rotatable bonds is 2.